The molecule has 0 aliphatic rings. The Labute approximate surface area is 287 Å². The van der Waals surface area contributed by atoms with Crippen molar-refractivity contribution in [3.63, 3.8) is 0 Å². The van der Waals surface area contributed by atoms with Gasteiger partial charge in [0, 0.05) is 23.1 Å². The van der Waals surface area contributed by atoms with E-state index in [2.05, 4.69) is 0 Å². The molecule has 11 heteroatoms. The first-order valence-electron chi connectivity index (χ1n) is 15.2. The normalized spacial score (nSPS) is 14.6. The second kappa shape index (κ2) is 15.1. The number of hydrogen-bond acceptors (Lipinski definition) is 4. The smallest absolute Gasteiger partial charge is 0.332 e. The topological polar surface area (TPSA) is 156 Å². The van der Waals surface area contributed by atoms with E-state index >= 15 is 0 Å². The number of aromatic hydroxyl groups is 2. The van der Waals surface area contributed by atoms with E-state index < -0.39 is 26.5 Å². The summed E-state index contributed by atoms with van der Waals surface area (Å²) in [6.07, 6.45) is 0.699. The predicted octanol–water partition coefficient (Wildman–Crippen LogP) is 8.85. The van der Waals surface area contributed by atoms with Crippen LogP contribution < -0.4 is 0 Å². The fourth-order valence-electron chi connectivity index (χ4n) is 5.32. The van der Waals surface area contributed by atoms with Crippen LogP contribution in [-0.4, -0.2) is 52.8 Å². The van der Waals surface area contributed by atoms with Crippen LogP contribution in [0.2, 0.25) is 0 Å². The molecule has 0 fully saturated rings. The highest BCUT2D eigenvalue weighted by Crippen LogP contribution is 2.56. The Morgan fingerprint density at radius 1 is 0.511 bits per heavy atom. The minimum atomic E-state index is -4.24. The van der Waals surface area contributed by atoms with Gasteiger partial charge in [-0.15, -0.1) is 0 Å². The third kappa shape index (κ3) is 11.6. The molecule has 45 heavy (non-hydrogen) atoms. The van der Waals surface area contributed by atoms with Crippen molar-refractivity contribution in [3.05, 3.63) is 57.6 Å². The quantitative estimate of drug-likeness (QED) is 0.131. The lowest BCUT2D eigenvalue weighted by atomic mass is 9.78. The summed E-state index contributed by atoms with van der Waals surface area (Å²) < 4.78 is 23.6. The zero-order valence-corrected chi connectivity index (χ0v) is 33.2. The van der Waals surface area contributed by atoms with Crippen LogP contribution in [0.5, 0.6) is 11.5 Å². The van der Waals surface area contributed by atoms with Crippen LogP contribution in [0.3, 0.4) is 0 Å². The fraction of sp³-hybridized carbons (Fsp3) is 0.647. The van der Waals surface area contributed by atoms with Gasteiger partial charge in [0.05, 0.1) is 11.3 Å². The molecule has 2 aromatic rings. The summed E-state index contributed by atoms with van der Waals surface area (Å²) in [5.74, 6) is 0.452. The molecule has 2 aromatic carbocycles. The molecule has 0 saturated heterocycles. The Morgan fingerprint density at radius 2 is 0.689 bits per heavy atom. The Bertz CT molecular complexity index is 1220. The first-order chi connectivity index (χ1) is 19.4. The Hall–Kier alpha value is -0.894. The Kier molecular flexibility index (Phi) is 14.8. The summed E-state index contributed by atoms with van der Waals surface area (Å²) in [5, 5.41) is 21.3. The molecule has 2 atom stereocenters. The molecule has 0 aliphatic carbocycles. The van der Waals surface area contributed by atoms with Gasteiger partial charge in [-0.25, -0.2) is 0 Å². The van der Waals surface area contributed by atoms with Crippen molar-refractivity contribution in [1.29, 1.82) is 0 Å². The maximum Gasteiger partial charge on any atom is 0.332 e. The average Bonchev–Trinajstić information content (AvgIpc) is 2.77. The van der Waals surface area contributed by atoms with Crippen LogP contribution >= 0.6 is 15.2 Å². The third-order valence-electron chi connectivity index (χ3n) is 7.85. The van der Waals surface area contributed by atoms with E-state index in [9.17, 15) is 38.9 Å². The predicted molar refractivity (Wildman–Crippen MR) is 187 cm³/mol. The summed E-state index contributed by atoms with van der Waals surface area (Å²) in [6.45, 7) is 27.3. The summed E-state index contributed by atoms with van der Waals surface area (Å²) >= 11 is 0. The van der Waals surface area contributed by atoms with E-state index in [1.165, 1.54) is 0 Å². The second-order valence-electron chi connectivity index (χ2n) is 16.0. The summed E-state index contributed by atoms with van der Waals surface area (Å²) in [7, 11) is -8.48. The van der Waals surface area contributed by atoms with Crippen LogP contribution in [0, 0.1) is 0 Å². The van der Waals surface area contributed by atoms with E-state index in [-0.39, 0.29) is 56.2 Å². The van der Waals surface area contributed by atoms with Crippen LogP contribution in [0.25, 0.3) is 0 Å². The van der Waals surface area contributed by atoms with Gasteiger partial charge >= 0.3 is 15.2 Å². The molecule has 2 unspecified atom stereocenters. The van der Waals surface area contributed by atoms with Crippen LogP contribution in [0.4, 0.5) is 0 Å². The molecular weight excluding hydrogens is 623 g/mol. The largest absolute Gasteiger partial charge is 0.507 e. The second-order valence-corrected chi connectivity index (χ2v) is 19.6. The van der Waals surface area contributed by atoms with Crippen molar-refractivity contribution in [2.75, 3.05) is 0 Å². The van der Waals surface area contributed by atoms with Crippen molar-refractivity contribution in [3.8, 4) is 11.5 Å². The van der Waals surface area contributed by atoms with E-state index in [0.29, 0.717) is 24.0 Å². The number of rotatable bonds is 6. The molecule has 2 rings (SSSR count). The van der Waals surface area contributed by atoms with Gasteiger partial charge in [-0.05, 0) is 67.9 Å². The van der Waals surface area contributed by atoms with Crippen molar-refractivity contribution in [1.82, 2.24) is 0 Å². The SMILES string of the molecule is CCC(c1cc(C(C)(C)C)c(O)c(C(C)(C)C)c1)P(=O)(O)O.CCC(c1cc(C(C)(C)C)c(O)c(C(C)(C)C)c1)P(=O)(O)O.[Mg]. The Balaban J connectivity index is 0.000000842. The summed E-state index contributed by atoms with van der Waals surface area (Å²) in [5.41, 5.74) is 1.17. The van der Waals surface area contributed by atoms with Gasteiger partial charge < -0.3 is 29.8 Å². The standard InChI is InChI=1S/2C17H29O4P.Mg/c2*1-8-14(22(19,20)21)11-9-12(16(2,3)4)15(18)13(10-11)17(5,6)7;/h2*9-10,14,18H,8H2,1-7H3,(H2,19,20,21);. The molecule has 0 heterocycles. The monoisotopic (exact) mass is 680 g/mol. The van der Waals surface area contributed by atoms with E-state index in [1.54, 1.807) is 38.1 Å². The average molecular weight is 681 g/mol. The molecule has 0 amide bonds. The minimum Gasteiger partial charge on any atom is -0.507 e. The van der Waals surface area contributed by atoms with E-state index in [0.717, 1.165) is 22.3 Å². The Morgan fingerprint density at radius 3 is 0.800 bits per heavy atom. The summed E-state index contributed by atoms with van der Waals surface area (Å²) in [4.78, 5) is 38.5. The van der Waals surface area contributed by atoms with Crippen molar-refractivity contribution in [2.45, 2.75) is 143 Å². The lowest BCUT2D eigenvalue weighted by Gasteiger charge is -2.30. The highest BCUT2D eigenvalue weighted by molar-refractivity contribution is 7.52. The van der Waals surface area contributed by atoms with Gasteiger partial charge in [-0.2, -0.15) is 0 Å². The number of phenols is 2. The lowest BCUT2D eigenvalue weighted by molar-refractivity contribution is 0.354. The van der Waals surface area contributed by atoms with Crippen LogP contribution in [-0.2, 0) is 30.8 Å². The van der Waals surface area contributed by atoms with Crippen molar-refractivity contribution < 1.29 is 38.9 Å². The van der Waals surface area contributed by atoms with Gasteiger partial charge in [-0.1, -0.05) is 121 Å². The molecule has 0 spiro atoms. The molecule has 0 saturated carbocycles. The third-order valence-corrected chi connectivity index (χ3v) is 10.8. The first kappa shape index (κ1) is 44.1. The molecule has 0 aliphatic heterocycles. The maximum absolute atomic E-state index is 11.8. The first-order valence-corrected chi connectivity index (χ1v) is 18.6. The van der Waals surface area contributed by atoms with Crippen molar-refractivity contribution >= 4 is 38.2 Å². The number of phenolic OH excluding ortho intramolecular Hbond substituents is 2. The number of benzene rings is 2. The highest BCUT2D eigenvalue weighted by Gasteiger charge is 2.35. The molecule has 6 N–H and O–H groups in total. The van der Waals surface area contributed by atoms with Crippen LogP contribution in [0.15, 0.2) is 24.3 Å². The molecular formula is C34H58MgO8P2. The zero-order valence-electron chi connectivity index (χ0n) is 30.0. The fourth-order valence-corrected chi connectivity index (χ4v) is 7.35. The van der Waals surface area contributed by atoms with Gasteiger partial charge in [0.1, 0.15) is 11.5 Å². The van der Waals surface area contributed by atoms with E-state index in [1.807, 2.05) is 83.1 Å². The van der Waals surface area contributed by atoms with E-state index in [4.69, 9.17) is 0 Å². The van der Waals surface area contributed by atoms with Crippen molar-refractivity contribution in [2.24, 2.45) is 0 Å². The zero-order chi connectivity index (χ0) is 35.0. The summed E-state index contributed by atoms with van der Waals surface area (Å²) in [6, 6.07) is 6.99. The molecule has 8 nitrogen and oxygen atoms in total. The van der Waals surface area contributed by atoms with Crippen LogP contribution in [0.1, 0.15) is 154 Å². The highest BCUT2D eigenvalue weighted by atomic mass is 31.2. The lowest BCUT2D eigenvalue weighted by Crippen LogP contribution is -2.18. The molecule has 0 aromatic heterocycles. The molecule has 2 radical (unpaired) electrons. The van der Waals surface area contributed by atoms with Gasteiger partial charge in [0.15, 0.2) is 0 Å². The van der Waals surface area contributed by atoms with Gasteiger partial charge in [0.2, 0.25) is 0 Å². The minimum absolute atomic E-state index is 0. The molecule has 0 bridgehead atoms. The van der Waals surface area contributed by atoms with Gasteiger partial charge in [-0.3, -0.25) is 9.13 Å². The molecule has 254 valence electrons. The number of hydrogen-bond donors (Lipinski definition) is 6. The maximum atomic E-state index is 11.8. The van der Waals surface area contributed by atoms with Gasteiger partial charge in [0.25, 0.3) is 0 Å².